The predicted octanol–water partition coefficient (Wildman–Crippen LogP) is -0.211. The molecule has 7 nitrogen and oxygen atoms in total. The number of aliphatic carboxylic acids is 1. The number of carbonyl (C=O) groups is 2. The van der Waals surface area contributed by atoms with Crippen molar-refractivity contribution in [1.29, 1.82) is 0 Å². The van der Waals surface area contributed by atoms with Crippen LogP contribution in [0.4, 0.5) is 0 Å². The van der Waals surface area contributed by atoms with E-state index < -0.39 is 12.0 Å². The molecule has 1 aromatic heterocycles. The van der Waals surface area contributed by atoms with Gasteiger partial charge in [-0.15, -0.1) is 0 Å². The van der Waals surface area contributed by atoms with Crippen LogP contribution < -0.4 is 11.1 Å². The summed E-state index contributed by atoms with van der Waals surface area (Å²) >= 11 is 0. The number of nitrogens with one attached hydrogen (secondary N) is 1. The largest absolute Gasteiger partial charge is 0.479 e. The molecule has 1 aromatic rings. The van der Waals surface area contributed by atoms with E-state index in [1.54, 1.807) is 13.2 Å². The average Bonchev–Trinajstić information content (AvgIpc) is 2.94. The van der Waals surface area contributed by atoms with Gasteiger partial charge in [0.2, 0.25) is 5.91 Å². The van der Waals surface area contributed by atoms with Crippen molar-refractivity contribution in [2.75, 3.05) is 0 Å². The quantitative estimate of drug-likeness (QED) is 0.698. The molecule has 0 aromatic carbocycles. The normalized spacial score (nSPS) is 24.1. The summed E-state index contributed by atoms with van der Waals surface area (Å²) in [4.78, 5) is 23.3. The first-order valence-corrected chi connectivity index (χ1v) is 6.26. The van der Waals surface area contributed by atoms with Crippen LogP contribution in [0.5, 0.6) is 0 Å². The molecule has 3 atom stereocenters. The molecule has 104 valence electrons. The molecule has 3 unspecified atom stereocenters. The van der Waals surface area contributed by atoms with E-state index in [0.717, 1.165) is 12.8 Å². The Morgan fingerprint density at radius 2 is 2.32 bits per heavy atom. The minimum Gasteiger partial charge on any atom is -0.479 e. The van der Waals surface area contributed by atoms with Gasteiger partial charge in [-0.3, -0.25) is 9.48 Å². The van der Waals surface area contributed by atoms with Gasteiger partial charge in [0.25, 0.3) is 0 Å². The number of amides is 1. The van der Waals surface area contributed by atoms with Crippen molar-refractivity contribution >= 4 is 11.9 Å². The lowest BCUT2D eigenvalue weighted by molar-refractivity contribution is -0.142. The van der Waals surface area contributed by atoms with Crippen molar-refractivity contribution in [2.45, 2.75) is 31.3 Å². The van der Waals surface area contributed by atoms with Crippen molar-refractivity contribution in [1.82, 2.24) is 15.1 Å². The summed E-state index contributed by atoms with van der Waals surface area (Å²) in [5, 5.41) is 15.7. The van der Waals surface area contributed by atoms with E-state index in [0.29, 0.717) is 12.0 Å². The lowest BCUT2D eigenvalue weighted by atomic mass is 10.0. The zero-order valence-electron chi connectivity index (χ0n) is 10.7. The second-order valence-corrected chi connectivity index (χ2v) is 4.93. The Morgan fingerprint density at radius 3 is 2.79 bits per heavy atom. The fraction of sp³-hybridized carbons (Fsp3) is 0.583. The van der Waals surface area contributed by atoms with Gasteiger partial charge in [-0.25, -0.2) is 4.79 Å². The lowest BCUT2D eigenvalue weighted by Gasteiger charge is -2.18. The van der Waals surface area contributed by atoms with Crippen LogP contribution >= 0.6 is 0 Å². The number of carbonyl (C=O) groups excluding carboxylic acids is 1. The molecule has 1 aliphatic rings. The van der Waals surface area contributed by atoms with Crippen LogP contribution in [0.25, 0.3) is 0 Å². The molecule has 1 amide bonds. The Hall–Kier alpha value is -1.89. The first-order chi connectivity index (χ1) is 8.99. The molecule has 2 rings (SSSR count). The van der Waals surface area contributed by atoms with E-state index in [9.17, 15) is 14.7 Å². The molecule has 4 N–H and O–H groups in total. The molecule has 0 saturated heterocycles. The fourth-order valence-electron chi connectivity index (χ4n) is 2.44. The Bertz CT molecular complexity index is 485. The summed E-state index contributed by atoms with van der Waals surface area (Å²) in [6.07, 6.45) is 5.44. The van der Waals surface area contributed by atoms with Crippen molar-refractivity contribution in [3.05, 3.63) is 18.0 Å². The number of nitrogens with zero attached hydrogens (tertiary/aromatic N) is 2. The second-order valence-electron chi connectivity index (χ2n) is 4.93. The molecule has 1 fully saturated rings. The molecule has 0 aliphatic heterocycles. The van der Waals surface area contributed by atoms with Crippen LogP contribution in [0.2, 0.25) is 0 Å². The van der Waals surface area contributed by atoms with E-state index in [4.69, 9.17) is 5.73 Å². The predicted molar refractivity (Wildman–Crippen MR) is 67.0 cm³/mol. The smallest absolute Gasteiger partial charge is 0.331 e. The fourth-order valence-corrected chi connectivity index (χ4v) is 2.44. The Labute approximate surface area is 110 Å². The topological polar surface area (TPSA) is 110 Å². The van der Waals surface area contributed by atoms with E-state index in [-0.39, 0.29) is 17.9 Å². The Kier molecular flexibility index (Phi) is 3.84. The number of rotatable bonds is 4. The molecule has 0 spiro atoms. The summed E-state index contributed by atoms with van der Waals surface area (Å²) in [5.41, 5.74) is 6.30. The van der Waals surface area contributed by atoms with E-state index in [1.165, 1.54) is 10.9 Å². The molecular formula is C12H18N4O3. The summed E-state index contributed by atoms with van der Waals surface area (Å²) in [6, 6.07) is -1.25. The molecule has 1 heterocycles. The maximum Gasteiger partial charge on any atom is 0.331 e. The third-order valence-corrected chi connectivity index (χ3v) is 3.50. The van der Waals surface area contributed by atoms with Crippen molar-refractivity contribution in [3.8, 4) is 0 Å². The highest BCUT2D eigenvalue weighted by Crippen LogP contribution is 2.25. The van der Waals surface area contributed by atoms with E-state index >= 15 is 0 Å². The zero-order valence-corrected chi connectivity index (χ0v) is 10.7. The molecule has 0 bridgehead atoms. The van der Waals surface area contributed by atoms with Crippen LogP contribution in [0, 0.1) is 5.92 Å². The Morgan fingerprint density at radius 1 is 1.58 bits per heavy atom. The summed E-state index contributed by atoms with van der Waals surface area (Å²) in [5.74, 6) is -1.69. The molecule has 0 radical (unpaired) electrons. The monoisotopic (exact) mass is 266 g/mol. The maximum absolute atomic E-state index is 12.1. The first-order valence-electron chi connectivity index (χ1n) is 6.26. The summed E-state index contributed by atoms with van der Waals surface area (Å²) in [6.45, 7) is 0. The van der Waals surface area contributed by atoms with Gasteiger partial charge < -0.3 is 16.2 Å². The number of aromatic nitrogens is 2. The van der Waals surface area contributed by atoms with Crippen LogP contribution in [-0.4, -0.2) is 32.8 Å². The average molecular weight is 266 g/mol. The zero-order chi connectivity index (χ0) is 14.0. The number of carboxylic acid groups (broad SMARTS) is 1. The van der Waals surface area contributed by atoms with Gasteiger partial charge >= 0.3 is 5.97 Å². The molecule has 7 heteroatoms. The standard InChI is InChI=1S/C12H18N4O3/c1-16-6-7(5-14-16)10(12(18)19)15-11(17)8-3-2-4-9(8)13/h5-6,8-10H,2-4,13H2,1H3,(H,15,17)(H,18,19). The number of carboxylic acids is 1. The number of aryl methyl sites for hydroxylation is 1. The minimum atomic E-state index is -1.10. The van der Waals surface area contributed by atoms with Gasteiger partial charge in [-0.1, -0.05) is 6.42 Å². The van der Waals surface area contributed by atoms with E-state index in [2.05, 4.69) is 10.4 Å². The molecule has 1 saturated carbocycles. The minimum absolute atomic E-state index is 0.177. The van der Waals surface area contributed by atoms with Crippen LogP contribution in [0.3, 0.4) is 0 Å². The summed E-state index contributed by atoms with van der Waals surface area (Å²) in [7, 11) is 1.69. The SMILES string of the molecule is Cn1cc(C(NC(=O)C2CCCC2N)C(=O)O)cn1. The van der Waals surface area contributed by atoms with Gasteiger partial charge in [-0.05, 0) is 12.8 Å². The Balaban J connectivity index is 2.09. The third kappa shape index (κ3) is 2.93. The van der Waals surface area contributed by atoms with Crippen LogP contribution in [-0.2, 0) is 16.6 Å². The number of hydrogen-bond donors (Lipinski definition) is 3. The van der Waals surface area contributed by atoms with Gasteiger partial charge in [0.05, 0.1) is 12.1 Å². The summed E-state index contributed by atoms with van der Waals surface area (Å²) < 4.78 is 1.50. The highest BCUT2D eigenvalue weighted by atomic mass is 16.4. The van der Waals surface area contributed by atoms with Crippen molar-refractivity contribution in [3.63, 3.8) is 0 Å². The van der Waals surface area contributed by atoms with Crippen molar-refractivity contribution < 1.29 is 14.7 Å². The lowest BCUT2D eigenvalue weighted by Crippen LogP contribution is -2.42. The van der Waals surface area contributed by atoms with Crippen LogP contribution in [0.15, 0.2) is 12.4 Å². The van der Waals surface area contributed by atoms with Gasteiger partial charge in [0.1, 0.15) is 0 Å². The van der Waals surface area contributed by atoms with E-state index in [1.807, 2.05) is 0 Å². The maximum atomic E-state index is 12.1. The molecular weight excluding hydrogens is 248 g/mol. The highest BCUT2D eigenvalue weighted by molar-refractivity contribution is 5.86. The van der Waals surface area contributed by atoms with Gasteiger partial charge in [-0.2, -0.15) is 5.10 Å². The number of nitrogens with two attached hydrogens (primary N) is 1. The third-order valence-electron chi connectivity index (χ3n) is 3.50. The van der Waals surface area contributed by atoms with Crippen LogP contribution in [0.1, 0.15) is 30.9 Å². The molecule has 1 aliphatic carbocycles. The first kappa shape index (κ1) is 13.5. The van der Waals surface area contributed by atoms with Gasteiger partial charge in [0, 0.05) is 24.8 Å². The van der Waals surface area contributed by atoms with Gasteiger partial charge in [0.15, 0.2) is 6.04 Å². The number of hydrogen-bond acceptors (Lipinski definition) is 4. The van der Waals surface area contributed by atoms with Crippen molar-refractivity contribution in [2.24, 2.45) is 18.7 Å². The highest BCUT2D eigenvalue weighted by Gasteiger charge is 2.33. The second kappa shape index (κ2) is 5.40. The molecule has 19 heavy (non-hydrogen) atoms.